The van der Waals surface area contributed by atoms with Crippen molar-refractivity contribution in [2.45, 2.75) is 6.54 Å². The first-order chi connectivity index (χ1) is 13.4. The zero-order valence-electron chi connectivity index (χ0n) is 15.0. The van der Waals surface area contributed by atoms with Crippen LogP contribution in [0.15, 0.2) is 62.7 Å². The van der Waals surface area contributed by atoms with Crippen LogP contribution in [0.1, 0.15) is 26.5 Å². The third-order valence-electron chi connectivity index (χ3n) is 4.10. The van der Waals surface area contributed by atoms with Crippen molar-refractivity contribution in [2.24, 2.45) is 7.05 Å². The molecule has 0 saturated carbocycles. The lowest BCUT2D eigenvalue weighted by molar-refractivity contribution is 0.0443. The Hall–Kier alpha value is -3.88. The summed E-state index contributed by atoms with van der Waals surface area (Å²) in [6.07, 6.45) is 1.28. The molecule has 2 N–H and O–H groups in total. The Labute approximate surface area is 158 Å². The van der Waals surface area contributed by atoms with Crippen LogP contribution in [-0.4, -0.2) is 27.5 Å². The fourth-order valence-electron chi connectivity index (χ4n) is 2.63. The Morgan fingerprint density at radius 3 is 2.46 bits per heavy atom. The maximum absolute atomic E-state index is 12.5. The number of aromatic nitrogens is 2. The van der Waals surface area contributed by atoms with Gasteiger partial charge in [-0.2, -0.15) is 0 Å². The molecule has 0 aliphatic heterocycles. The number of anilines is 1. The highest BCUT2D eigenvalue weighted by atomic mass is 16.5. The number of ketones is 1. The number of nitrogens with zero attached hydrogens (tertiary/aromatic N) is 2. The van der Waals surface area contributed by atoms with Crippen LogP contribution in [-0.2, 0) is 18.3 Å². The Balaban J connectivity index is 1.92. The van der Waals surface area contributed by atoms with Gasteiger partial charge in [-0.15, -0.1) is 0 Å². The fraction of sp³-hybridized carbons (Fsp3) is 0.158. The minimum absolute atomic E-state index is 0.0755. The first kappa shape index (κ1) is 18.9. The van der Waals surface area contributed by atoms with Gasteiger partial charge in [0.25, 0.3) is 5.56 Å². The van der Waals surface area contributed by atoms with Crippen molar-refractivity contribution < 1.29 is 18.7 Å². The number of esters is 1. The van der Waals surface area contributed by atoms with Gasteiger partial charge in [-0.3, -0.25) is 18.7 Å². The SMILES string of the molecule is Cn1c(=O)c(C(=O)COC(=O)c2ccco2)c(N)n(Cc2ccccc2)c1=O. The molecule has 0 fully saturated rings. The van der Waals surface area contributed by atoms with Gasteiger partial charge in [-0.05, 0) is 17.7 Å². The second-order valence-corrected chi connectivity index (χ2v) is 5.96. The molecular formula is C19H17N3O6. The maximum Gasteiger partial charge on any atom is 0.374 e. The van der Waals surface area contributed by atoms with Crippen molar-refractivity contribution in [1.82, 2.24) is 9.13 Å². The zero-order valence-corrected chi connectivity index (χ0v) is 15.0. The third-order valence-corrected chi connectivity index (χ3v) is 4.10. The number of carbonyl (C=O) groups excluding carboxylic acids is 2. The molecule has 0 spiro atoms. The van der Waals surface area contributed by atoms with E-state index in [1.165, 1.54) is 25.4 Å². The largest absolute Gasteiger partial charge is 0.457 e. The molecular weight excluding hydrogens is 366 g/mol. The van der Waals surface area contributed by atoms with Gasteiger partial charge in [0.2, 0.25) is 11.5 Å². The van der Waals surface area contributed by atoms with Gasteiger partial charge >= 0.3 is 11.7 Å². The van der Waals surface area contributed by atoms with Gasteiger partial charge in [-0.25, -0.2) is 9.59 Å². The molecule has 0 unspecified atom stereocenters. The number of carbonyl (C=O) groups is 2. The summed E-state index contributed by atoms with van der Waals surface area (Å²) in [6.45, 7) is -0.644. The standard InChI is InChI=1S/C19H17N3O6/c1-21-17(24)15(13(23)11-28-18(25)14-8-5-9-27-14)16(20)22(19(21)26)10-12-6-3-2-4-7-12/h2-9H,10-11,20H2,1H3. The zero-order chi connectivity index (χ0) is 20.3. The Kier molecular flexibility index (Phi) is 5.25. The van der Waals surface area contributed by atoms with Crippen molar-refractivity contribution in [3.8, 4) is 0 Å². The number of furan rings is 1. The summed E-state index contributed by atoms with van der Waals surface area (Å²) in [7, 11) is 1.25. The molecule has 0 radical (unpaired) electrons. The van der Waals surface area contributed by atoms with Crippen LogP contribution in [0.5, 0.6) is 0 Å². The first-order valence-electron chi connectivity index (χ1n) is 8.27. The smallest absolute Gasteiger partial charge is 0.374 e. The van der Waals surface area contributed by atoms with Gasteiger partial charge in [0, 0.05) is 7.05 Å². The summed E-state index contributed by atoms with van der Waals surface area (Å²) in [5, 5.41) is 0. The second-order valence-electron chi connectivity index (χ2n) is 5.96. The molecule has 0 atom stereocenters. The summed E-state index contributed by atoms with van der Waals surface area (Å²) in [6, 6.07) is 11.8. The van der Waals surface area contributed by atoms with Crippen molar-refractivity contribution >= 4 is 17.6 Å². The summed E-state index contributed by atoms with van der Waals surface area (Å²) in [4.78, 5) is 49.2. The van der Waals surface area contributed by atoms with Gasteiger partial charge in [0.15, 0.2) is 6.61 Å². The summed E-state index contributed by atoms with van der Waals surface area (Å²) in [5.74, 6) is -2.04. The second kappa shape index (κ2) is 7.78. The van der Waals surface area contributed by atoms with E-state index in [0.717, 1.165) is 14.7 Å². The van der Waals surface area contributed by atoms with E-state index in [1.807, 2.05) is 6.07 Å². The van der Waals surface area contributed by atoms with Crippen LogP contribution < -0.4 is 17.0 Å². The minimum Gasteiger partial charge on any atom is -0.457 e. The molecule has 0 saturated heterocycles. The molecule has 2 heterocycles. The molecule has 144 valence electrons. The van der Waals surface area contributed by atoms with Crippen LogP contribution in [0.2, 0.25) is 0 Å². The number of ether oxygens (including phenoxy) is 1. The van der Waals surface area contributed by atoms with Crippen molar-refractivity contribution in [3.63, 3.8) is 0 Å². The van der Waals surface area contributed by atoms with Crippen molar-refractivity contribution in [1.29, 1.82) is 0 Å². The lowest BCUT2D eigenvalue weighted by Gasteiger charge is -2.14. The lowest BCUT2D eigenvalue weighted by atomic mass is 10.2. The molecule has 3 aromatic rings. The minimum atomic E-state index is -0.856. The molecule has 0 aliphatic carbocycles. The third kappa shape index (κ3) is 3.63. The van der Waals surface area contributed by atoms with Crippen LogP contribution in [0.3, 0.4) is 0 Å². The van der Waals surface area contributed by atoms with Crippen LogP contribution in [0, 0.1) is 0 Å². The summed E-state index contributed by atoms with van der Waals surface area (Å²) >= 11 is 0. The van der Waals surface area contributed by atoms with E-state index in [9.17, 15) is 19.2 Å². The predicted molar refractivity (Wildman–Crippen MR) is 99.2 cm³/mol. The fourth-order valence-corrected chi connectivity index (χ4v) is 2.63. The van der Waals surface area contributed by atoms with Crippen molar-refractivity contribution in [3.05, 3.63) is 86.5 Å². The molecule has 0 bridgehead atoms. The molecule has 0 aliphatic rings. The van der Waals surface area contributed by atoms with Crippen molar-refractivity contribution in [2.75, 3.05) is 12.3 Å². The van der Waals surface area contributed by atoms with E-state index in [4.69, 9.17) is 14.9 Å². The summed E-state index contributed by atoms with van der Waals surface area (Å²) < 4.78 is 11.7. The highest BCUT2D eigenvalue weighted by molar-refractivity contribution is 6.02. The van der Waals surface area contributed by atoms with E-state index < -0.39 is 35.2 Å². The number of nitrogen functional groups attached to an aromatic ring is 1. The van der Waals surface area contributed by atoms with Crippen LogP contribution >= 0.6 is 0 Å². The molecule has 3 rings (SSSR count). The number of hydrogen-bond acceptors (Lipinski definition) is 7. The average Bonchev–Trinajstić information content (AvgIpc) is 3.24. The predicted octanol–water partition coefficient (Wildman–Crippen LogP) is 0.810. The highest BCUT2D eigenvalue weighted by Crippen LogP contribution is 2.10. The Morgan fingerprint density at radius 1 is 1.11 bits per heavy atom. The summed E-state index contributed by atoms with van der Waals surface area (Å²) in [5.41, 5.74) is 4.81. The van der Waals surface area contributed by atoms with Crippen LogP contribution in [0.25, 0.3) is 0 Å². The van der Waals surface area contributed by atoms with E-state index in [1.54, 1.807) is 24.3 Å². The van der Waals surface area contributed by atoms with Crippen LogP contribution in [0.4, 0.5) is 5.82 Å². The molecule has 1 aromatic carbocycles. The lowest BCUT2D eigenvalue weighted by Crippen LogP contribution is -2.43. The van der Waals surface area contributed by atoms with Gasteiger partial charge in [0.05, 0.1) is 12.8 Å². The Morgan fingerprint density at radius 2 is 1.82 bits per heavy atom. The first-order valence-corrected chi connectivity index (χ1v) is 8.27. The van der Waals surface area contributed by atoms with E-state index >= 15 is 0 Å². The van der Waals surface area contributed by atoms with E-state index in [0.29, 0.717) is 0 Å². The van der Waals surface area contributed by atoms with Gasteiger partial charge in [-0.1, -0.05) is 30.3 Å². The molecule has 2 aromatic heterocycles. The quantitative estimate of drug-likeness (QED) is 0.493. The normalized spacial score (nSPS) is 10.6. The highest BCUT2D eigenvalue weighted by Gasteiger charge is 2.23. The van der Waals surface area contributed by atoms with E-state index in [-0.39, 0.29) is 18.1 Å². The molecule has 28 heavy (non-hydrogen) atoms. The number of rotatable bonds is 6. The van der Waals surface area contributed by atoms with Gasteiger partial charge in [0.1, 0.15) is 11.4 Å². The Bertz CT molecular complexity index is 1130. The average molecular weight is 383 g/mol. The number of Topliss-reactive ketones (excluding diaryl/α,β-unsaturated/α-hetero) is 1. The number of nitrogens with two attached hydrogens (primary N) is 1. The number of benzene rings is 1. The molecule has 9 nitrogen and oxygen atoms in total. The molecule has 9 heteroatoms. The van der Waals surface area contributed by atoms with E-state index in [2.05, 4.69) is 0 Å². The maximum atomic E-state index is 12.5. The van der Waals surface area contributed by atoms with Gasteiger partial charge < -0.3 is 14.9 Å². The number of hydrogen-bond donors (Lipinski definition) is 1. The monoisotopic (exact) mass is 383 g/mol. The topological polar surface area (TPSA) is 127 Å². The molecule has 0 amide bonds.